The topological polar surface area (TPSA) is 93.4 Å². The van der Waals surface area contributed by atoms with Crippen molar-refractivity contribution in [3.8, 4) is 0 Å². The molecule has 4 rings (SSSR count). The van der Waals surface area contributed by atoms with Crippen LogP contribution in [-0.2, 0) is 28.7 Å². The average molecular weight is 464 g/mol. The van der Waals surface area contributed by atoms with Crippen LogP contribution < -0.4 is 11.1 Å². The molecule has 1 aromatic carbocycles. The summed E-state index contributed by atoms with van der Waals surface area (Å²) in [6, 6.07) is 3.05. The highest BCUT2D eigenvalue weighted by molar-refractivity contribution is 5.79. The van der Waals surface area contributed by atoms with Gasteiger partial charge in [-0.25, -0.2) is 9.97 Å². The van der Waals surface area contributed by atoms with E-state index in [9.17, 15) is 18.0 Å². The van der Waals surface area contributed by atoms with Crippen molar-refractivity contribution >= 4 is 17.4 Å². The first-order valence-electron chi connectivity index (χ1n) is 11.1. The van der Waals surface area contributed by atoms with Crippen molar-refractivity contribution in [3.05, 3.63) is 46.4 Å². The first-order valence-corrected chi connectivity index (χ1v) is 11.1. The number of amides is 1. The summed E-state index contributed by atoms with van der Waals surface area (Å²) >= 11 is 0. The molecule has 3 heterocycles. The molecule has 1 saturated heterocycles. The molecule has 1 fully saturated rings. The van der Waals surface area contributed by atoms with Crippen molar-refractivity contribution in [2.75, 3.05) is 30.8 Å². The van der Waals surface area contributed by atoms with Crippen molar-refractivity contribution in [3.63, 3.8) is 0 Å². The number of hydrogen-bond donors (Lipinski definition) is 2. The lowest BCUT2D eigenvalue weighted by Crippen LogP contribution is -2.42. The molecule has 1 atom stereocenters. The minimum absolute atomic E-state index is 0.0441. The first-order chi connectivity index (χ1) is 15.6. The predicted octanol–water partition coefficient (Wildman–Crippen LogP) is 3.87. The molecule has 1 aromatic heterocycles. The maximum atomic E-state index is 13.2. The van der Waals surface area contributed by atoms with Crippen molar-refractivity contribution in [1.82, 2.24) is 14.9 Å². The van der Waals surface area contributed by atoms with Crippen LogP contribution in [0.1, 0.15) is 54.0 Å². The maximum Gasteiger partial charge on any atom is 0.416 e. The van der Waals surface area contributed by atoms with Gasteiger partial charge in [-0.1, -0.05) is 0 Å². The Balaban J connectivity index is 1.58. The third kappa shape index (κ3) is 5.21. The summed E-state index contributed by atoms with van der Waals surface area (Å²) in [7, 11) is 0. The van der Waals surface area contributed by atoms with E-state index in [1.165, 1.54) is 6.07 Å². The molecule has 0 radical (unpaired) electrons. The lowest BCUT2D eigenvalue weighted by atomic mass is 9.96. The number of hydrogen-bond acceptors (Lipinski definition) is 6. The molecular formula is C23H28F3N5O2. The van der Waals surface area contributed by atoms with Gasteiger partial charge in [0, 0.05) is 43.3 Å². The lowest BCUT2D eigenvalue weighted by molar-refractivity contribution is -0.139. The Morgan fingerprint density at radius 2 is 1.97 bits per heavy atom. The summed E-state index contributed by atoms with van der Waals surface area (Å²) in [6.07, 6.45) is -2.45. The highest BCUT2D eigenvalue weighted by atomic mass is 19.4. The fourth-order valence-corrected chi connectivity index (χ4v) is 4.43. The number of rotatable bonds is 4. The SMILES string of the molecule is Cc1nc2c(c(N[C@H](C)c3cc(N)cc(C(F)(F)F)c3)n1)CN(C(=O)C1CCOCC1)CC2. The Hall–Kier alpha value is -2.88. The van der Waals surface area contributed by atoms with Crippen LogP contribution in [0, 0.1) is 12.8 Å². The highest BCUT2D eigenvalue weighted by Gasteiger charge is 2.33. The lowest BCUT2D eigenvalue weighted by Gasteiger charge is -2.33. The van der Waals surface area contributed by atoms with Gasteiger partial charge in [0.2, 0.25) is 5.91 Å². The molecule has 2 aliphatic rings. The van der Waals surface area contributed by atoms with Gasteiger partial charge in [0.05, 0.1) is 23.8 Å². The number of fused-ring (bicyclic) bond motifs is 1. The summed E-state index contributed by atoms with van der Waals surface area (Å²) in [6.45, 7) is 5.66. The number of aromatic nitrogens is 2. The number of carbonyl (C=O) groups excluding carboxylic acids is 1. The van der Waals surface area contributed by atoms with Gasteiger partial charge >= 0.3 is 6.18 Å². The predicted molar refractivity (Wildman–Crippen MR) is 117 cm³/mol. The van der Waals surface area contributed by atoms with Crippen molar-refractivity contribution < 1.29 is 22.7 Å². The Morgan fingerprint density at radius 1 is 1.24 bits per heavy atom. The van der Waals surface area contributed by atoms with Crippen molar-refractivity contribution in [1.29, 1.82) is 0 Å². The van der Waals surface area contributed by atoms with Gasteiger partial charge in [0.25, 0.3) is 0 Å². The number of alkyl halides is 3. The molecular weight excluding hydrogens is 435 g/mol. The van der Waals surface area contributed by atoms with Gasteiger partial charge in [-0.3, -0.25) is 4.79 Å². The second-order valence-corrected chi connectivity index (χ2v) is 8.69. The molecule has 10 heteroatoms. The molecule has 0 bridgehead atoms. The third-order valence-electron chi connectivity index (χ3n) is 6.21. The summed E-state index contributed by atoms with van der Waals surface area (Å²) < 4.78 is 45.1. The van der Waals surface area contributed by atoms with Crippen LogP contribution in [0.15, 0.2) is 18.2 Å². The van der Waals surface area contributed by atoms with Crippen LogP contribution in [0.25, 0.3) is 0 Å². The van der Waals surface area contributed by atoms with Crippen LogP contribution in [0.3, 0.4) is 0 Å². The van der Waals surface area contributed by atoms with Crippen LogP contribution >= 0.6 is 0 Å². The summed E-state index contributed by atoms with van der Waals surface area (Å²) in [5.74, 6) is 1.16. The summed E-state index contributed by atoms with van der Waals surface area (Å²) in [4.78, 5) is 23.9. The smallest absolute Gasteiger partial charge is 0.399 e. The van der Waals surface area contributed by atoms with Crippen LogP contribution in [0.2, 0.25) is 0 Å². The van der Waals surface area contributed by atoms with Crippen molar-refractivity contribution in [2.45, 2.75) is 51.9 Å². The molecule has 0 aliphatic carbocycles. The number of nitrogens with zero attached hydrogens (tertiary/aromatic N) is 3. The number of nitrogens with one attached hydrogen (secondary N) is 1. The number of nitrogens with two attached hydrogens (primary N) is 1. The molecule has 33 heavy (non-hydrogen) atoms. The van der Waals surface area contributed by atoms with Gasteiger partial charge in [-0.15, -0.1) is 0 Å². The molecule has 0 unspecified atom stereocenters. The number of halogens is 3. The zero-order valence-corrected chi connectivity index (χ0v) is 18.7. The number of benzene rings is 1. The number of aryl methyl sites for hydroxylation is 1. The molecule has 3 N–H and O–H groups in total. The second kappa shape index (κ2) is 9.17. The Bertz CT molecular complexity index is 1040. The number of anilines is 2. The normalized spacial score (nSPS) is 18.0. The van der Waals surface area contributed by atoms with E-state index < -0.39 is 17.8 Å². The van der Waals surface area contributed by atoms with E-state index in [4.69, 9.17) is 10.5 Å². The summed E-state index contributed by atoms with van der Waals surface area (Å²) in [5.41, 5.74) is 7.05. The van der Waals surface area contributed by atoms with Gasteiger partial charge in [-0.05, 0) is 50.5 Å². The summed E-state index contributed by atoms with van der Waals surface area (Å²) in [5, 5.41) is 3.24. The average Bonchev–Trinajstić information content (AvgIpc) is 2.78. The number of nitrogen functional groups attached to an aromatic ring is 1. The number of ether oxygens (including phenoxy) is 1. The van der Waals surface area contributed by atoms with Gasteiger partial charge in [0.15, 0.2) is 0 Å². The Morgan fingerprint density at radius 3 is 2.67 bits per heavy atom. The van der Waals surface area contributed by atoms with E-state index in [0.717, 1.165) is 23.4 Å². The molecule has 2 aliphatic heterocycles. The van der Waals surface area contributed by atoms with E-state index in [1.54, 1.807) is 13.8 Å². The van der Waals surface area contributed by atoms with E-state index in [2.05, 4.69) is 15.3 Å². The Kier molecular flexibility index (Phi) is 6.47. The Labute approximate surface area is 190 Å². The molecule has 0 saturated carbocycles. The zero-order valence-electron chi connectivity index (χ0n) is 18.7. The fourth-order valence-electron chi connectivity index (χ4n) is 4.43. The number of carbonyl (C=O) groups is 1. The molecule has 2 aromatic rings. The first kappa shape index (κ1) is 23.3. The minimum Gasteiger partial charge on any atom is -0.399 e. The molecule has 1 amide bonds. The maximum absolute atomic E-state index is 13.2. The molecule has 0 spiro atoms. The standard InChI is InChI=1S/C23H28F3N5O2/c1-13(16-9-17(23(24,25)26)11-18(27)10-16)28-21-19-12-31(6-3-20(19)29-14(2)30-21)22(32)15-4-7-33-8-5-15/h9-11,13,15H,3-8,12,27H2,1-2H3,(H,28,29,30)/t13-/m1/s1. The third-order valence-corrected chi connectivity index (χ3v) is 6.21. The van der Waals surface area contributed by atoms with Gasteiger partial charge < -0.3 is 20.7 Å². The van der Waals surface area contributed by atoms with Gasteiger partial charge in [-0.2, -0.15) is 13.2 Å². The fraction of sp³-hybridized carbons (Fsp3) is 0.522. The van der Waals surface area contributed by atoms with Crippen LogP contribution in [0.5, 0.6) is 0 Å². The zero-order chi connectivity index (χ0) is 23.8. The minimum atomic E-state index is -4.49. The molecule has 7 nitrogen and oxygen atoms in total. The van der Waals surface area contributed by atoms with Gasteiger partial charge in [0.1, 0.15) is 11.6 Å². The second-order valence-electron chi connectivity index (χ2n) is 8.69. The monoisotopic (exact) mass is 463 g/mol. The highest BCUT2D eigenvalue weighted by Crippen LogP contribution is 2.34. The van der Waals surface area contributed by atoms with Crippen molar-refractivity contribution in [2.24, 2.45) is 5.92 Å². The van der Waals surface area contributed by atoms with Crippen LogP contribution in [-0.4, -0.2) is 40.5 Å². The van der Waals surface area contributed by atoms with E-state index in [1.807, 2.05) is 4.90 Å². The largest absolute Gasteiger partial charge is 0.416 e. The quantitative estimate of drug-likeness (QED) is 0.669. The van der Waals surface area contributed by atoms with E-state index in [0.29, 0.717) is 62.8 Å². The van der Waals surface area contributed by atoms with Crippen LogP contribution in [0.4, 0.5) is 24.7 Å². The van der Waals surface area contributed by atoms with E-state index >= 15 is 0 Å². The molecule has 178 valence electrons. The van der Waals surface area contributed by atoms with E-state index in [-0.39, 0.29) is 17.5 Å².